The molecule has 0 amide bonds. The molecule has 35 heavy (non-hydrogen) atoms. The van der Waals surface area contributed by atoms with Crippen LogP contribution < -0.4 is 5.32 Å². The van der Waals surface area contributed by atoms with Crippen molar-refractivity contribution in [2.45, 2.75) is 167 Å². The van der Waals surface area contributed by atoms with Gasteiger partial charge in [-0.25, -0.2) is 4.39 Å². The fraction of sp³-hybridized carbons (Fsp3) is 1.00. The monoisotopic (exact) mass is 523 g/mol. The first-order valence-electron chi connectivity index (χ1n) is 15.1. The van der Waals surface area contributed by atoms with Gasteiger partial charge in [0, 0.05) is 0 Å². The van der Waals surface area contributed by atoms with Crippen molar-refractivity contribution >= 4 is 10.1 Å². The number of nitrogens with one attached hydrogen (secondary N) is 1. The molecular weight excluding hydrogens is 461 g/mol. The summed E-state index contributed by atoms with van der Waals surface area (Å²) in [6.45, 7) is 4.59. The number of unbranched alkanes of at least 4 members (excludes halogenated alkanes) is 20. The smallest absolute Gasteiger partial charge is 0.299 e. The van der Waals surface area contributed by atoms with Gasteiger partial charge in [0.15, 0.2) is 0 Å². The summed E-state index contributed by atoms with van der Waals surface area (Å²) < 4.78 is 42.8. The van der Waals surface area contributed by atoms with Crippen LogP contribution in [0.4, 0.5) is 4.39 Å². The summed E-state index contributed by atoms with van der Waals surface area (Å²) in [7, 11) is -0.301. The van der Waals surface area contributed by atoms with Crippen LogP contribution in [0.5, 0.6) is 0 Å². The molecule has 0 saturated heterocycles. The van der Waals surface area contributed by atoms with E-state index in [1.165, 1.54) is 103 Å². The number of hydrogen-bond donors (Lipinski definition) is 1. The Hall–Kier alpha value is -0.200. The summed E-state index contributed by atoms with van der Waals surface area (Å²) in [5, 5.41) is 2.75. The molecule has 0 heterocycles. The lowest BCUT2D eigenvalue weighted by atomic mass is 10.0. The van der Waals surface area contributed by atoms with Crippen LogP contribution >= 0.6 is 0 Å². The van der Waals surface area contributed by atoms with Crippen LogP contribution in [0.25, 0.3) is 0 Å². The molecule has 0 bridgehead atoms. The van der Waals surface area contributed by atoms with Crippen molar-refractivity contribution in [2.24, 2.45) is 0 Å². The second kappa shape index (κ2) is 30.0. The zero-order valence-electron chi connectivity index (χ0n) is 24.1. The minimum absolute atomic E-state index is 0.0662. The molecule has 1 unspecified atom stereocenters. The Labute approximate surface area is 220 Å². The van der Waals surface area contributed by atoms with Crippen molar-refractivity contribution in [1.29, 1.82) is 0 Å². The minimum atomic E-state index is -4.05. The maximum atomic E-state index is 14.0. The molecule has 4 nitrogen and oxygen atoms in total. The Bertz CT molecular complexity index is 488. The molecule has 0 saturated carbocycles. The van der Waals surface area contributed by atoms with E-state index in [0.717, 1.165) is 25.7 Å². The summed E-state index contributed by atoms with van der Waals surface area (Å²) >= 11 is 0. The lowest BCUT2D eigenvalue weighted by Gasteiger charge is -2.10. The Morgan fingerprint density at radius 1 is 0.571 bits per heavy atom. The van der Waals surface area contributed by atoms with E-state index in [2.05, 4.69) is 19.2 Å². The third-order valence-electron chi connectivity index (χ3n) is 6.34. The fourth-order valence-electron chi connectivity index (χ4n) is 4.13. The van der Waals surface area contributed by atoms with E-state index < -0.39 is 15.6 Å². The van der Waals surface area contributed by atoms with E-state index >= 15 is 0 Å². The summed E-state index contributed by atoms with van der Waals surface area (Å²) in [5.74, 6) is 0. The van der Waals surface area contributed by atoms with Crippen LogP contribution in [0.1, 0.15) is 162 Å². The molecule has 1 N–H and O–H groups in total. The van der Waals surface area contributed by atoms with Crippen LogP contribution in [0.15, 0.2) is 0 Å². The molecule has 0 aliphatic heterocycles. The van der Waals surface area contributed by atoms with E-state index in [4.69, 9.17) is 4.18 Å². The molecule has 6 heteroatoms. The first-order valence-corrected chi connectivity index (χ1v) is 16.5. The van der Waals surface area contributed by atoms with Gasteiger partial charge in [0.25, 0.3) is 10.1 Å². The van der Waals surface area contributed by atoms with Gasteiger partial charge >= 0.3 is 0 Å². The van der Waals surface area contributed by atoms with Crippen molar-refractivity contribution in [3.63, 3.8) is 0 Å². The van der Waals surface area contributed by atoms with Crippen LogP contribution in [0, 0.1) is 0 Å². The second-order valence-corrected chi connectivity index (χ2v) is 11.8. The molecule has 0 fully saturated rings. The topological polar surface area (TPSA) is 55.4 Å². The Morgan fingerprint density at radius 3 is 1.20 bits per heavy atom. The maximum absolute atomic E-state index is 14.0. The molecule has 0 aromatic rings. The summed E-state index contributed by atoms with van der Waals surface area (Å²) in [4.78, 5) is 0. The third-order valence-corrected chi connectivity index (χ3v) is 7.70. The van der Waals surface area contributed by atoms with E-state index in [9.17, 15) is 12.8 Å². The van der Waals surface area contributed by atoms with Crippen LogP contribution in [-0.4, -0.2) is 34.6 Å². The molecular formula is C29H62FNO3S. The normalized spacial score (nSPS) is 12.4. The van der Waals surface area contributed by atoms with E-state index in [0.29, 0.717) is 12.8 Å². The highest BCUT2D eigenvalue weighted by Gasteiger charge is 2.25. The van der Waals surface area contributed by atoms with Crippen molar-refractivity contribution in [3.8, 4) is 0 Å². The first-order chi connectivity index (χ1) is 17.0. The van der Waals surface area contributed by atoms with E-state index in [1.807, 2.05) is 14.1 Å². The molecule has 1 atom stereocenters. The Morgan fingerprint density at radius 2 is 0.857 bits per heavy atom. The summed E-state index contributed by atoms with van der Waals surface area (Å²) in [6, 6.07) is 0. The molecule has 0 aromatic carbocycles. The summed E-state index contributed by atoms with van der Waals surface area (Å²) in [6.07, 6.45) is 26.3. The van der Waals surface area contributed by atoms with Gasteiger partial charge in [-0.15, -0.1) is 0 Å². The van der Waals surface area contributed by atoms with Crippen molar-refractivity contribution in [1.82, 2.24) is 5.32 Å². The predicted molar refractivity (Wildman–Crippen MR) is 152 cm³/mol. The lowest BCUT2D eigenvalue weighted by molar-refractivity contribution is 0.270. The number of hydrogen-bond acceptors (Lipinski definition) is 4. The van der Waals surface area contributed by atoms with Gasteiger partial charge in [-0.3, -0.25) is 4.18 Å². The third kappa shape index (κ3) is 29.9. The standard InChI is InChI=1S/C27H55FO3S.C2H7N/c1-3-5-7-9-11-13-14-15-16-18-20-22-24-26-31-32(29,30)27(28)25-23-21-19-17-12-10-8-6-4-2;1-3-2/h27H,3-26H2,1-2H3;3H,1-2H3. The first kappa shape index (κ1) is 37.0. The average molecular weight is 524 g/mol. The number of rotatable bonds is 26. The van der Waals surface area contributed by atoms with Gasteiger partial charge in [-0.1, -0.05) is 142 Å². The highest BCUT2D eigenvalue weighted by molar-refractivity contribution is 7.87. The second-order valence-electron chi connectivity index (χ2n) is 10.1. The predicted octanol–water partition coefficient (Wildman–Crippen LogP) is 9.48. The quantitative estimate of drug-likeness (QED) is 0.0906. The molecule has 0 radical (unpaired) electrons. The van der Waals surface area contributed by atoms with Gasteiger partial charge in [0.2, 0.25) is 5.50 Å². The molecule has 0 aromatic heterocycles. The van der Waals surface area contributed by atoms with Gasteiger partial charge in [0.1, 0.15) is 0 Å². The highest BCUT2D eigenvalue weighted by atomic mass is 32.2. The Balaban J connectivity index is 0. The molecule has 0 rings (SSSR count). The van der Waals surface area contributed by atoms with Crippen molar-refractivity contribution in [3.05, 3.63) is 0 Å². The van der Waals surface area contributed by atoms with Gasteiger partial charge < -0.3 is 5.32 Å². The zero-order chi connectivity index (χ0) is 26.5. The van der Waals surface area contributed by atoms with E-state index in [-0.39, 0.29) is 13.0 Å². The highest BCUT2D eigenvalue weighted by Crippen LogP contribution is 2.17. The SMILES string of the molecule is CCCCCCCCCCCCCCCOS(=O)(=O)C(F)CCCCCCCCCCC.CNC. The van der Waals surface area contributed by atoms with E-state index in [1.54, 1.807) is 0 Å². The molecule has 0 aliphatic carbocycles. The largest absolute Gasteiger partial charge is 0.323 e. The summed E-state index contributed by atoms with van der Waals surface area (Å²) in [5.41, 5.74) is -1.87. The van der Waals surface area contributed by atoms with Crippen LogP contribution in [0.2, 0.25) is 0 Å². The van der Waals surface area contributed by atoms with Gasteiger partial charge in [-0.05, 0) is 33.4 Å². The molecule has 0 aliphatic rings. The number of alkyl halides is 1. The molecule has 0 spiro atoms. The maximum Gasteiger partial charge on any atom is 0.299 e. The molecule has 214 valence electrons. The van der Waals surface area contributed by atoms with Gasteiger partial charge in [-0.2, -0.15) is 8.42 Å². The van der Waals surface area contributed by atoms with Gasteiger partial charge in [0.05, 0.1) is 6.61 Å². The minimum Gasteiger partial charge on any atom is -0.323 e. The lowest BCUT2D eigenvalue weighted by Crippen LogP contribution is -2.19. The van der Waals surface area contributed by atoms with Crippen LogP contribution in [0.3, 0.4) is 0 Å². The Kier molecular flexibility index (Phi) is 31.7. The van der Waals surface area contributed by atoms with Crippen molar-refractivity contribution in [2.75, 3.05) is 20.7 Å². The number of halogens is 1. The van der Waals surface area contributed by atoms with Crippen LogP contribution in [-0.2, 0) is 14.3 Å². The van der Waals surface area contributed by atoms with Crippen molar-refractivity contribution < 1.29 is 17.0 Å². The fourth-order valence-corrected chi connectivity index (χ4v) is 5.08. The zero-order valence-corrected chi connectivity index (χ0v) is 24.9. The average Bonchev–Trinajstić information content (AvgIpc) is 2.83.